The van der Waals surface area contributed by atoms with Gasteiger partial charge in [0.15, 0.2) is 5.82 Å². The number of hydrogen-bond acceptors (Lipinski definition) is 5. The van der Waals surface area contributed by atoms with E-state index < -0.39 is 0 Å². The summed E-state index contributed by atoms with van der Waals surface area (Å²) in [6, 6.07) is 9.46. The quantitative estimate of drug-likeness (QED) is 0.813. The molecular formula is C21H28N4O2. The van der Waals surface area contributed by atoms with Crippen LogP contribution in [0.2, 0.25) is 0 Å². The van der Waals surface area contributed by atoms with Crippen LogP contribution >= 0.6 is 0 Å². The molecule has 1 unspecified atom stereocenters. The third kappa shape index (κ3) is 5.34. The van der Waals surface area contributed by atoms with Gasteiger partial charge >= 0.3 is 0 Å². The standard InChI is InChI=1S/C21H28N4O2/c1-15-11-16(2)24-20(23-15)18-5-4-6-19(12-18)21(26)22-13-17-7-8-25(14-17)9-10-27-3/h4-6,11-12,17H,7-10,13-14H2,1-3H3,(H,22,26). The first-order valence-electron chi connectivity index (χ1n) is 9.47. The number of carbonyl (C=O) groups excluding carboxylic acids is 1. The zero-order valence-corrected chi connectivity index (χ0v) is 16.4. The van der Waals surface area contributed by atoms with Crippen molar-refractivity contribution in [3.05, 3.63) is 47.3 Å². The lowest BCUT2D eigenvalue weighted by Gasteiger charge is -2.15. The minimum absolute atomic E-state index is 0.0448. The van der Waals surface area contributed by atoms with Crippen molar-refractivity contribution in [1.82, 2.24) is 20.2 Å². The van der Waals surface area contributed by atoms with Crippen molar-refractivity contribution in [3.63, 3.8) is 0 Å². The highest BCUT2D eigenvalue weighted by atomic mass is 16.5. The molecule has 0 radical (unpaired) electrons. The molecule has 1 N–H and O–H groups in total. The fourth-order valence-corrected chi connectivity index (χ4v) is 3.50. The van der Waals surface area contributed by atoms with Crippen molar-refractivity contribution >= 4 is 5.91 Å². The van der Waals surface area contributed by atoms with Gasteiger partial charge in [-0.15, -0.1) is 0 Å². The molecule has 1 saturated heterocycles. The number of methoxy groups -OCH3 is 1. The summed E-state index contributed by atoms with van der Waals surface area (Å²) in [5.41, 5.74) is 3.35. The first kappa shape index (κ1) is 19.5. The summed E-state index contributed by atoms with van der Waals surface area (Å²) in [4.78, 5) is 23.9. The lowest BCUT2D eigenvalue weighted by Crippen LogP contribution is -2.31. The fraction of sp³-hybridized carbons (Fsp3) is 0.476. The second-order valence-electron chi connectivity index (χ2n) is 7.21. The molecule has 27 heavy (non-hydrogen) atoms. The maximum atomic E-state index is 12.6. The van der Waals surface area contributed by atoms with Crippen LogP contribution in [0, 0.1) is 19.8 Å². The molecule has 1 fully saturated rings. The highest BCUT2D eigenvalue weighted by Crippen LogP contribution is 2.18. The largest absolute Gasteiger partial charge is 0.383 e. The van der Waals surface area contributed by atoms with Crippen LogP contribution in [0.4, 0.5) is 0 Å². The molecule has 144 valence electrons. The Hall–Kier alpha value is -2.31. The number of nitrogens with one attached hydrogen (secondary N) is 1. The van der Waals surface area contributed by atoms with Gasteiger partial charge in [-0.25, -0.2) is 9.97 Å². The molecule has 1 amide bonds. The second kappa shape index (κ2) is 9.06. The molecule has 0 aliphatic carbocycles. The van der Waals surface area contributed by atoms with E-state index in [1.54, 1.807) is 7.11 Å². The van der Waals surface area contributed by atoms with Crippen LogP contribution < -0.4 is 5.32 Å². The van der Waals surface area contributed by atoms with E-state index in [2.05, 4.69) is 20.2 Å². The number of ether oxygens (including phenoxy) is 1. The summed E-state index contributed by atoms with van der Waals surface area (Å²) in [7, 11) is 1.73. The number of aromatic nitrogens is 2. The number of carbonyl (C=O) groups is 1. The normalized spacial score (nSPS) is 17.2. The van der Waals surface area contributed by atoms with Gasteiger partial charge in [0.25, 0.3) is 5.91 Å². The number of nitrogens with zero attached hydrogens (tertiary/aromatic N) is 3. The van der Waals surface area contributed by atoms with E-state index in [0.29, 0.717) is 23.9 Å². The van der Waals surface area contributed by atoms with Crippen LogP contribution in [-0.4, -0.2) is 60.7 Å². The summed E-state index contributed by atoms with van der Waals surface area (Å²) in [6.07, 6.45) is 1.11. The SMILES string of the molecule is COCCN1CCC(CNC(=O)c2cccc(-c3nc(C)cc(C)n3)c2)C1. The molecule has 0 bridgehead atoms. The Labute approximate surface area is 161 Å². The van der Waals surface area contributed by atoms with E-state index in [1.165, 1.54) is 0 Å². The molecule has 2 heterocycles. The van der Waals surface area contributed by atoms with E-state index >= 15 is 0 Å². The van der Waals surface area contributed by atoms with Gasteiger partial charge < -0.3 is 15.0 Å². The van der Waals surface area contributed by atoms with Crippen LogP contribution in [0.1, 0.15) is 28.2 Å². The van der Waals surface area contributed by atoms with Gasteiger partial charge in [0.1, 0.15) is 0 Å². The molecule has 1 aliphatic rings. The minimum Gasteiger partial charge on any atom is -0.383 e. The molecule has 1 aromatic carbocycles. The Bertz CT molecular complexity index is 773. The Morgan fingerprint density at radius 1 is 1.26 bits per heavy atom. The van der Waals surface area contributed by atoms with E-state index in [-0.39, 0.29) is 5.91 Å². The summed E-state index contributed by atoms with van der Waals surface area (Å²) in [6.45, 7) is 8.40. The van der Waals surface area contributed by atoms with Crippen molar-refractivity contribution in [2.45, 2.75) is 20.3 Å². The number of benzene rings is 1. The van der Waals surface area contributed by atoms with E-state index in [9.17, 15) is 4.79 Å². The average molecular weight is 368 g/mol. The average Bonchev–Trinajstić information content (AvgIpc) is 3.11. The van der Waals surface area contributed by atoms with Gasteiger partial charge in [0.05, 0.1) is 6.61 Å². The topological polar surface area (TPSA) is 67.3 Å². The number of aryl methyl sites for hydroxylation is 2. The molecule has 1 aliphatic heterocycles. The van der Waals surface area contributed by atoms with Crippen molar-refractivity contribution in [1.29, 1.82) is 0 Å². The molecular weight excluding hydrogens is 340 g/mol. The minimum atomic E-state index is -0.0448. The molecule has 0 saturated carbocycles. The lowest BCUT2D eigenvalue weighted by atomic mass is 10.1. The fourth-order valence-electron chi connectivity index (χ4n) is 3.50. The number of likely N-dealkylation sites (tertiary alicyclic amines) is 1. The zero-order chi connectivity index (χ0) is 19.2. The third-order valence-electron chi connectivity index (χ3n) is 4.90. The lowest BCUT2D eigenvalue weighted by molar-refractivity contribution is 0.0946. The smallest absolute Gasteiger partial charge is 0.251 e. The van der Waals surface area contributed by atoms with Crippen LogP contribution in [0.5, 0.6) is 0 Å². The Morgan fingerprint density at radius 3 is 2.78 bits per heavy atom. The number of rotatable bonds is 7. The summed E-state index contributed by atoms with van der Waals surface area (Å²) < 4.78 is 5.14. The third-order valence-corrected chi connectivity index (χ3v) is 4.90. The highest BCUT2D eigenvalue weighted by molar-refractivity contribution is 5.95. The van der Waals surface area contributed by atoms with Gasteiger partial charge in [-0.3, -0.25) is 4.79 Å². The summed E-state index contributed by atoms with van der Waals surface area (Å²) in [5, 5.41) is 3.08. The Morgan fingerprint density at radius 2 is 2.04 bits per heavy atom. The number of hydrogen-bond donors (Lipinski definition) is 1. The van der Waals surface area contributed by atoms with Crippen LogP contribution in [-0.2, 0) is 4.74 Å². The first-order chi connectivity index (χ1) is 13.0. The van der Waals surface area contributed by atoms with Crippen LogP contribution in [0.3, 0.4) is 0 Å². The maximum absolute atomic E-state index is 12.6. The zero-order valence-electron chi connectivity index (χ0n) is 16.4. The molecule has 6 nitrogen and oxygen atoms in total. The predicted octanol–water partition coefficient (Wildman–Crippen LogP) is 2.46. The van der Waals surface area contributed by atoms with Crippen LogP contribution in [0.15, 0.2) is 30.3 Å². The van der Waals surface area contributed by atoms with Crippen molar-refractivity contribution < 1.29 is 9.53 Å². The van der Waals surface area contributed by atoms with Gasteiger partial charge in [-0.2, -0.15) is 0 Å². The second-order valence-corrected chi connectivity index (χ2v) is 7.21. The molecule has 1 aromatic heterocycles. The maximum Gasteiger partial charge on any atom is 0.251 e. The van der Waals surface area contributed by atoms with E-state index in [0.717, 1.165) is 49.6 Å². The van der Waals surface area contributed by atoms with Crippen molar-refractivity contribution in [2.24, 2.45) is 5.92 Å². The molecule has 6 heteroatoms. The van der Waals surface area contributed by atoms with Gasteiger partial charge in [0, 0.05) is 49.3 Å². The predicted molar refractivity (Wildman–Crippen MR) is 106 cm³/mol. The molecule has 3 rings (SSSR count). The first-order valence-corrected chi connectivity index (χ1v) is 9.47. The Kier molecular flexibility index (Phi) is 6.53. The molecule has 2 aromatic rings. The van der Waals surface area contributed by atoms with Gasteiger partial charge in [-0.05, 0) is 50.9 Å². The van der Waals surface area contributed by atoms with E-state index in [4.69, 9.17) is 4.74 Å². The van der Waals surface area contributed by atoms with Gasteiger partial charge in [0.2, 0.25) is 0 Å². The highest BCUT2D eigenvalue weighted by Gasteiger charge is 2.22. The monoisotopic (exact) mass is 368 g/mol. The Balaban J connectivity index is 1.59. The van der Waals surface area contributed by atoms with Gasteiger partial charge in [-0.1, -0.05) is 12.1 Å². The van der Waals surface area contributed by atoms with E-state index in [1.807, 2.05) is 44.2 Å². The number of amides is 1. The van der Waals surface area contributed by atoms with Crippen molar-refractivity contribution in [3.8, 4) is 11.4 Å². The van der Waals surface area contributed by atoms with Crippen LogP contribution in [0.25, 0.3) is 11.4 Å². The molecule has 1 atom stereocenters. The summed E-state index contributed by atoms with van der Waals surface area (Å²) in [5.74, 6) is 1.11. The molecule has 0 spiro atoms. The summed E-state index contributed by atoms with van der Waals surface area (Å²) >= 11 is 0. The van der Waals surface area contributed by atoms with Crippen molar-refractivity contribution in [2.75, 3.05) is 39.9 Å².